The van der Waals surface area contributed by atoms with Crippen molar-refractivity contribution in [3.63, 3.8) is 0 Å². The third-order valence-corrected chi connectivity index (χ3v) is 1.15. The van der Waals surface area contributed by atoms with Crippen LogP contribution < -0.4 is 4.90 Å². The topological polar surface area (TPSA) is 4.44 Å². The zero-order valence-corrected chi connectivity index (χ0v) is 8.65. The third kappa shape index (κ3) is 24.6. The molecule has 0 aromatic carbocycles. The van der Waals surface area contributed by atoms with Crippen LogP contribution in [0.25, 0.3) is 0 Å². The first-order valence-corrected chi connectivity index (χ1v) is 4.18. The highest BCUT2D eigenvalue weighted by Crippen LogP contribution is 1.81. The second-order valence-corrected chi connectivity index (χ2v) is 3.96. The lowest BCUT2D eigenvalue weighted by molar-refractivity contribution is -0.881. The van der Waals surface area contributed by atoms with Crippen LogP contribution in [0.4, 0.5) is 0 Å². The number of nitrogens with one attached hydrogen (secondary N) is 1. The van der Waals surface area contributed by atoms with E-state index in [1.54, 1.807) is 0 Å². The minimum Gasteiger partial charge on any atom is -0.338 e. The Kier molecular flexibility index (Phi) is 8.92. The fourth-order valence-electron chi connectivity index (χ4n) is 0. The van der Waals surface area contributed by atoms with Gasteiger partial charge in [-0.1, -0.05) is 20.8 Å². The molecule has 0 aromatic heterocycles. The average molecular weight is 146 g/mol. The summed E-state index contributed by atoms with van der Waals surface area (Å²) in [5.74, 6) is 0.833. The maximum atomic E-state index is 2.20. The summed E-state index contributed by atoms with van der Waals surface area (Å²) in [6.45, 7) is 10.9. The Morgan fingerprint density at radius 3 is 0.900 bits per heavy atom. The number of rotatable bonds is 1. The molecule has 0 rings (SSSR count). The molecule has 0 aromatic rings. The van der Waals surface area contributed by atoms with Gasteiger partial charge in [-0.25, -0.2) is 0 Å². The molecule has 10 heavy (non-hydrogen) atoms. The standard InChI is InChI=1S/C5H13N.C4H10/c1-5(2)6(3)4;1-4(2)3/h5H,1-4H3;4H,1-3H3/p+1. The Morgan fingerprint density at radius 2 is 0.900 bits per heavy atom. The highest BCUT2D eigenvalue weighted by atomic mass is 15.1. The second-order valence-electron chi connectivity index (χ2n) is 3.96. The summed E-state index contributed by atoms with van der Waals surface area (Å²) in [6.07, 6.45) is 0. The van der Waals surface area contributed by atoms with Crippen LogP contribution in [0.1, 0.15) is 34.6 Å². The number of hydrogen-bond acceptors (Lipinski definition) is 0. The normalized spacial score (nSPS) is 10.2. The lowest BCUT2D eigenvalue weighted by Crippen LogP contribution is -3.09. The molecule has 1 nitrogen and oxygen atoms in total. The molecule has 0 heterocycles. The highest BCUT2D eigenvalue weighted by Gasteiger charge is 1.94. The van der Waals surface area contributed by atoms with E-state index in [0.29, 0.717) is 0 Å². The van der Waals surface area contributed by atoms with Gasteiger partial charge in [0, 0.05) is 0 Å². The molecule has 0 fully saturated rings. The van der Waals surface area contributed by atoms with Gasteiger partial charge < -0.3 is 4.90 Å². The van der Waals surface area contributed by atoms with Crippen LogP contribution in [0.5, 0.6) is 0 Å². The van der Waals surface area contributed by atoms with E-state index in [0.717, 1.165) is 12.0 Å². The van der Waals surface area contributed by atoms with Crippen LogP contribution in [-0.2, 0) is 0 Å². The van der Waals surface area contributed by atoms with Crippen molar-refractivity contribution in [2.24, 2.45) is 5.92 Å². The van der Waals surface area contributed by atoms with Crippen LogP contribution in [0.2, 0.25) is 0 Å². The van der Waals surface area contributed by atoms with Crippen LogP contribution in [0.3, 0.4) is 0 Å². The van der Waals surface area contributed by atoms with E-state index in [1.807, 2.05) is 0 Å². The zero-order chi connectivity index (χ0) is 8.73. The van der Waals surface area contributed by atoms with Crippen molar-refractivity contribution in [2.45, 2.75) is 40.7 Å². The molecule has 0 spiro atoms. The Labute approximate surface area is 66.4 Å². The molecule has 0 radical (unpaired) electrons. The minimum absolute atomic E-state index is 0.769. The van der Waals surface area contributed by atoms with E-state index in [2.05, 4.69) is 48.7 Å². The van der Waals surface area contributed by atoms with Crippen LogP contribution in [0, 0.1) is 5.92 Å². The van der Waals surface area contributed by atoms with Crippen molar-refractivity contribution in [1.29, 1.82) is 0 Å². The molecule has 0 atom stereocenters. The average Bonchev–Trinajstić information content (AvgIpc) is 1.63. The first-order valence-electron chi connectivity index (χ1n) is 4.18. The summed E-state index contributed by atoms with van der Waals surface area (Å²) in [7, 11) is 4.31. The van der Waals surface area contributed by atoms with Crippen molar-refractivity contribution >= 4 is 0 Å². The summed E-state index contributed by atoms with van der Waals surface area (Å²) in [4.78, 5) is 1.51. The van der Waals surface area contributed by atoms with Crippen LogP contribution in [0.15, 0.2) is 0 Å². The highest BCUT2D eigenvalue weighted by molar-refractivity contribution is 4.24. The molecule has 1 N–H and O–H groups in total. The van der Waals surface area contributed by atoms with E-state index >= 15 is 0 Å². The summed E-state index contributed by atoms with van der Waals surface area (Å²) in [5, 5.41) is 0. The molecule has 1 heteroatoms. The van der Waals surface area contributed by atoms with Crippen molar-refractivity contribution < 1.29 is 4.90 Å². The molecule has 0 saturated heterocycles. The summed E-state index contributed by atoms with van der Waals surface area (Å²) >= 11 is 0. The second kappa shape index (κ2) is 7.07. The van der Waals surface area contributed by atoms with Gasteiger partial charge in [-0.3, -0.25) is 0 Å². The van der Waals surface area contributed by atoms with Gasteiger partial charge in [0.05, 0.1) is 20.1 Å². The maximum Gasteiger partial charge on any atom is 0.0813 e. The molecule has 0 amide bonds. The lowest BCUT2D eigenvalue weighted by Gasteiger charge is -2.09. The maximum absolute atomic E-state index is 2.20. The van der Waals surface area contributed by atoms with Crippen molar-refractivity contribution in [3.05, 3.63) is 0 Å². The molecule has 0 aliphatic carbocycles. The molecule has 0 saturated carbocycles. The number of quaternary nitrogens is 1. The van der Waals surface area contributed by atoms with E-state index < -0.39 is 0 Å². The lowest BCUT2D eigenvalue weighted by atomic mass is 10.3. The van der Waals surface area contributed by atoms with Crippen LogP contribution >= 0.6 is 0 Å². The molecule has 64 valence electrons. The summed E-state index contributed by atoms with van der Waals surface area (Å²) in [6, 6.07) is 0.769. The van der Waals surface area contributed by atoms with Gasteiger partial charge in [0.1, 0.15) is 0 Å². The third-order valence-electron chi connectivity index (χ3n) is 1.15. The summed E-state index contributed by atoms with van der Waals surface area (Å²) < 4.78 is 0. The fraction of sp³-hybridized carbons (Fsp3) is 1.00. The van der Waals surface area contributed by atoms with E-state index in [4.69, 9.17) is 0 Å². The van der Waals surface area contributed by atoms with Crippen molar-refractivity contribution in [1.82, 2.24) is 0 Å². The molecular formula is C9H24N+. The summed E-state index contributed by atoms with van der Waals surface area (Å²) in [5.41, 5.74) is 0. The first kappa shape index (κ1) is 12.6. The first-order chi connectivity index (χ1) is 4.37. The van der Waals surface area contributed by atoms with Gasteiger partial charge in [0.25, 0.3) is 0 Å². The monoisotopic (exact) mass is 146 g/mol. The van der Waals surface area contributed by atoms with Crippen LogP contribution in [-0.4, -0.2) is 20.1 Å². The molecular weight excluding hydrogens is 122 g/mol. The van der Waals surface area contributed by atoms with Gasteiger partial charge in [-0.2, -0.15) is 0 Å². The molecule has 0 unspecified atom stereocenters. The van der Waals surface area contributed by atoms with E-state index in [1.165, 1.54) is 4.90 Å². The van der Waals surface area contributed by atoms with Gasteiger partial charge in [0.2, 0.25) is 0 Å². The van der Waals surface area contributed by atoms with Crippen molar-refractivity contribution in [3.8, 4) is 0 Å². The Balaban J connectivity index is 0. The van der Waals surface area contributed by atoms with Gasteiger partial charge in [-0.15, -0.1) is 0 Å². The Hall–Kier alpha value is -0.0400. The number of hydrogen-bond donors (Lipinski definition) is 1. The van der Waals surface area contributed by atoms with Crippen molar-refractivity contribution in [2.75, 3.05) is 14.1 Å². The molecule has 0 aliphatic rings. The Morgan fingerprint density at radius 1 is 0.800 bits per heavy atom. The molecule has 0 bridgehead atoms. The predicted molar refractivity (Wildman–Crippen MR) is 48.5 cm³/mol. The molecule has 0 aliphatic heterocycles. The fourth-order valence-corrected chi connectivity index (χ4v) is 0. The SMILES string of the molecule is CC(C)C.CC(C)[NH+](C)C. The van der Waals surface area contributed by atoms with E-state index in [-0.39, 0.29) is 0 Å². The Bertz CT molecular complexity index is 47.0. The quantitative estimate of drug-likeness (QED) is 0.567. The zero-order valence-electron chi connectivity index (χ0n) is 8.65. The largest absolute Gasteiger partial charge is 0.338 e. The van der Waals surface area contributed by atoms with Gasteiger partial charge >= 0.3 is 0 Å². The van der Waals surface area contributed by atoms with Gasteiger partial charge in [0.15, 0.2) is 0 Å². The predicted octanol–water partition coefficient (Wildman–Crippen LogP) is 1.20. The van der Waals surface area contributed by atoms with Gasteiger partial charge in [-0.05, 0) is 19.8 Å². The smallest absolute Gasteiger partial charge is 0.0813 e. The van der Waals surface area contributed by atoms with E-state index in [9.17, 15) is 0 Å². The minimum atomic E-state index is 0.769.